The van der Waals surface area contributed by atoms with Crippen LogP contribution < -0.4 is 16.8 Å². The molecule has 1 aromatic heterocycles. The average Bonchev–Trinajstić information content (AvgIpc) is 2.49. The van der Waals surface area contributed by atoms with Gasteiger partial charge in [0.15, 0.2) is 0 Å². The molecule has 0 aliphatic heterocycles. The Kier molecular flexibility index (Phi) is 4.57. The van der Waals surface area contributed by atoms with E-state index in [2.05, 4.69) is 15.3 Å². The number of nitrogens with zero attached hydrogens (tertiary/aromatic N) is 2. The zero-order valence-electron chi connectivity index (χ0n) is 11.1. The predicted octanol–water partition coefficient (Wildman–Crippen LogP) is 0.339. The second kappa shape index (κ2) is 6.58. The van der Waals surface area contributed by atoms with E-state index in [1.54, 1.807) is 18.6 Å². The van der Waals surface area contributed by atoms with Crippen molar-refractivity contribution in [2.45, 2.75) is 0 Å². The molecule has 0 aliphatic rings. The summed E-state index contributed by atoms with van der Waals surface area (Å²) in [5.41, 5.74) is 12.3. The third-order valence-electron chi connectivity index (χ3n) is 2.71. The van der Waals surface area contributed by atoms with Gasteiger partial charge in [0.05, 0.1) is 6.20 Å². The van der Waals surface area contributed by atoms with Crippen LogP contribution in [0.1, 0.15) is 26.4 Å². The summed E-state index contributed by atoms with van der Waals surface area (Å²) < 4.78 is 0. The molecule has 0 unspecified atom stereocenters. The number of amides is 2. The summed E-state index contributed by atoms with van der Waals surface area (Å²) >= 11 is 0. The van der Waals surface area contributed by atoms with E-state index in [4.69, 9.17) is 11.5 Å². The summed E-state index contributed by atoms with van der Waals surface area (Å²) in [5, 5.41) is 2.63. The van der Waals surface area contributed by atoms with Crippen molar-refractivity contribution < 1.29 is 9.59 Å². The predicted molar refractivity (Wildman–Crippen MR) is 77.4 cm³/mol. The molecule has 2 aromatic rings. The van der Waals surface area contributed by atoms with E-state index in [0.717, 1.165) is 0 Å². The Morgan fingerprint density at radius 1 is 1.29 bits per heavy atom. The van der Waals surface area contributed by atoms with Crippen molar-refractivity contribution in [2.24, 2.45) is 11.5 Å². The maximum Gasteiger partial charge on any atom is 0.275 e. The Balaban J connectivity index is 2.23. The Bertz CT molecular complexity index is 658. The lowest BCUT2D eigenvalue weighted by Crippen LogP contribution is -2.17. The Morgan fingerprint density at radius 2 is 2.10 bits per heavy atom. The SMILES string of the molecule is NC[CH]c1ccc(NC(=O)c2cnccn2)cc1C(N)=O. The van der Waals surface area contributed by atoms with E-state index in [1.807, 2.05) is 0 Å². The van der Waals surface area contributed by atoms with E-state index < -0.39 is 11.8 Å². The second-order valence-corrected chi connectivity index (χ2v) is 4.15. The van der Waals surface area contributed by atoms with Crippen LogP contribution in [0.4, 0.5) is 5.69 Å². The van der Waals surface area contributed by atoms with Crippen LogP contribution in [0.2, 0.25) is 0 Å². The van der Waals surface area contributed by atoms with Gasteiger partial charge in [-0.2, -0.15) is 0 Å². The number of benzene rings is 1. The number of hydrogen-bond acceptors (Lipinski definition) is 5. The highest BCUT2D eigenvalue weighted by Gasteiger charge is 2.12. The minimum atomic E-state index is -0.592. The lowest BCUT2D eigenvalue weighted by atomic mass is 10.0. The molecule has 7 heteroatoms. The van der Waals surface area contributed by atoms with Gasteiger partial charge < -0.3 is 16.8 Å². The Labute approximate surface area is 121 Å². The third kappa shape index (κ3) is 3.61. The van der Waals surface area contributed by atoms with Crippen LogP contribution in [0.3, 0.4) is 0 Å². The summed E-state index contributed by atoms with van der Waals surface area (Å²) in [5.74, 6) is -1.01. The molecule has 2 amide bonds. The van der Waals surface area contributed by atoms with E-state index >= 15 is 0 Å². The first-order chi connectivity index (χ1) is 10.1. The van der Waals surface area contributed by atoms with Crippen molar-refractivity contribution >= 4 is 17.5 Å². The number of rotatable bonds is 5. The zero-order valence-corrected chi connectivity index (χ0v) is 11.1. The van der Waals surface area contributed by atoms with Gasteiger partial charge in [0, 0.05) is 30.1 Å². The molecule has 1 aromatic carbocycles. The van der Waals surface area contributed by atoms with Crippen LogP contribution in [0.25, 0.3) is 0 Å². The van der Waals surface area contributed by atoms with Gasteiger partial charge in [-0.15, -0.1) is 0 Å². The van der Waals surface area contributed by atoms with Gasteiger partial charge in [0.1, 0.15) is 5.69 Å². The van der Waals surface area contributed by atoms with Gasteiger partial charge in [0.25, 0.3) is 5.91 Å². The largest absolute Gasteiger partial charge is 0.366 e. The molecule has 0 saturated heterocycles. The molecule has 0 fully saturated rings. The molecule has 7 nitrogen and oxygen atoms in total. The Morgan fingerprint density at radius 3 is 2.71 bits per heavy atom. The fourth-order valence-corrected chi connectivity index (χ4v) is 1.76. The van der Waals surface area contributed by atoms with Crippen molar-refractivity contribution in [1.29, 1.82) is 0 Å². The fraction of sp³-hybridized carbons (Fsp3) is 0.0714. The number of hydrogen-bond donors (Lipinski definition) is 3. The van der Waals surface area contributed by atoms with Crippen LogP contribution >= 0.6 is 0 Å². The number of nitrogens with one attached hydrogen (secondary N) is 1. The van der Waals surface area contributed by atoms with Gasteiger partial charge in [-0.25, -0.2) is 4.98 Å². The quantitative estimate of drug-likeness (QED) is 0.730. The van der Waals surface area contributed by atoms with Crippen LogP contribution in [0, 0.1) is 6.42 Å². The summed E-state index contributed by atoms with van der Waals surface area (Å²) in [6.45, 7) is 0.283. The smallest absolute Gasteiger partial charge is 0.275 e. The number of nitrogens with two attached hydrogens (primary N) is 2. The van der Waals surface area contributed by atoms with E-state index in [9.17, 15) is 9.59 Å². The molecule has 21 heavy (non-hydrogen) atoms. The minimum Gasteiger partial charge on any atom is -0.366 e. The van der Waals surface area contributed by atoms with Crippen molar-refractivity contribution in [3.05, 3.63) is 60.0 Å². The maximum absolute atomic E-state index is 11.9. The average molecular weight is 284 g/mol. The van der Waals surface area contributed by atoms with E-state index in [1.165, 1.54) is 24.7 Å². The lowest BCUT2D eigenvalue weighted by Gasteiger charge is -2.09. The molecule has 2 rings (SSSR count). The molecular formula is C14H14N5O2. The van der Waals surface area contributed by atoms with E-state index in [-0.39, 0.29) is 17.8 Å². The molecule has 0 spiro atoms. The first kappa shape index (κ1) is 14.6. The molecule has 1 heterocycles. The number of aromatic nitrogens is 2. The van der Waals surface area contributed by atoms with Crippen LogP contribution in [-0.4, -0.2) is 28.3 Å². The van der Waals surface area contributed by atoms with Crippen LogP contribution in [0.5, 0.6) is 0 Å². The van der Waals surface area contributed by atoms with Crippen molar-refractivity contribution in [2.75, 3.05) is 11.9 Å². The van der Waals surface area contributed by atoms with Crippen molar-refractivity contribution in [1.82, 2.24) is 9.97 Å². The number of anilines is 1. The number of primary amides is 1. The standard InChI is InChI=1S/C14H14N5O2/c15-4-3-9-1-2-10(7-11(9)13(16)20)19-14(21)12-8-17-5-6-18-12/h1-3,5-8H,4,15H2,(H2,16,20)(H,19,21). The van der Waals surface area contributed by atoms with E-state index in [0.29, 0.717) is 11.3 Å². The first-order valence-corrected chi connectivity index (χ1v) is 6.16. The molecule has 1 radical (unpaired) electrons. The maximum atomic E-state index is 11.9. The highest BCUT2D eigenvalue weighted by Crippen LogP contribution is 2.17. The van der Waals surface area contributed by atoms with Gasteiger partial charge in [-0.1, -0.05) is 6.07 Å². The van der Waals surface area contributed by atoms with Crippen LogP contribution in [-0.2, 0) is 0 Å². The Hall–Kier alpha value is -2.80. The molecule has 107 valence electrons. The van der Waals surface area contributed by atoms with Gasteiger partial charge in [-0.3, -0.25) is 14.6 Å². The van der Waals surface area contributed by atoms with Gasteiger partial charge in [-0.05, 0) is 24.2 Å². The highest BCUT2D eigenvalue weighted by molar-refractivity contribution is 6.04. The topological polar surface area (TPSA) is 124 Å². The summed E-state index contributed by atoms with van der Waals surface area (Å²) in [6.07, 6.45) is 5.91. The molecular weight excluding hydrogens is 270 g/mol. The summed E-state index contributed by atoms with van der Waals surface area (Å²) in [4.78, 5) is 31.1. The monoisotopic (exact) mass is 284 g/mol. The number of carbonyl (C=O) groups excluding carboxylic acids is 2. The second-order valence-electron chi connectivity index (χ2n) is 4.15. The summed E-state index contributed by atoms with van der Waals surface area (Å²) in [6, 6.07) is 4.82. The van der Waals surface area contributed by atoms with Crippen molar-refractivity contribution in [3.8, 4) is 0 Å². The molecule has 0 saturated carbocycles. The minimum absolute atomic E-state index is 0.177. The first-order valence-electron chi connectivity index (χ1n) is 6.16. The normalized spacial score (nSPS) is 10.1. The van der Waals surface area contributed by atoms with Crippen molar-refractivity contribution in [3.63, 3.8) is 0 Å². The molecule has 0 bridgehead atoms. The molecule has 0 aliphatic carbocycles. The zero-order chi connectivity index (χ0) is 15.2. The fourth-order valence-electron chi connectivity index (χ4n) is 1.76. The lowest BCUT2D eigenvalue weighted by molar-refractivity contribution is 0.0995. The number of carbonyl (C=O) groups is 2. The molecule has 0 atom stereocenters. The highest BCUT2D eigenvalue weighted by atomic mass is 16.2. The summed E-state index contributed by atoms with van der Waals surface area (Å²) in [7, 11) is 0. The van der Waals surface area contributed by atoms with Crippen LogP contribution in [0.15, 0.2) is 36.8 Å². The van der Waals surface area contributed by atoms with Gasteiger partial charge >= 0.3 is 0 Å². The third-order valence-corrected chi connectivity index (χ3v) is 2.71. The van der Waals surface area contributed by atoms with Gasteiger partial charge in [0.2, 0.25) is 5.91 Å². The molecule has 5 N–H and O–H groups in total.